The monoisotopic (exact) mass is 345 g/mol. The maximum atomic E-state index is 12.4. The Balaban J connectivity index is 1.56. The third-order valence-electron chi connectivity index (χ3n) is 4.55. The molecule has 1 aromatic heterocycles. The van der Waals surface area contributed by atoms with Crippen LogP contribution in [0.25, 0.3) is 10.2 Å². The van der Waals surface area contributed by atoms with E-state index in [1.807, 2.05) is 18.2 Å². The van der Waals surface area contributed by atoms with E-state index < -0.39 is 0 Å². The smallest absolute Gasteiger partial charge is 0.224 e. The standard InChI is InChI=1S/C18H23N3O2S/c1-12(18-20-15-7-3-4-8-16(15)24-18)10-19-17(23)14-6-5-9-21(11-14)13(2)22/h3-4,7-8,12,14H,5-6,9-11H2,1-2H3,(H,19,23)/t12-,14-/m0/s1. The molecule has 0 unspecified atom stereocenters. The molecule has 0 aliphatic carbocycles. The lowest BCUT2D eigenvalue weighted by Gasteiger charge is -2.31. The number of aromatic nitrogens is 1. The Hall–Kier alpha value is -1.95. The third kappa shape index (κ3) is 3.75. The van der Waals surface area contributed by atoms with Crippen molar-refractivity contribution in [2.75, 3.05) is 19.6 Å². The lowest BCUT2D eigenvalue weighted by Crippen LogP contribution is -2.45. The van der Waals surface area contributed by atoms with Crippen LogP contribution in [0.5, 0.6) is 0 Å². The first-order valence-corrected chi connectivity index (χ1v) is 9.25. The van der Waals surface area contributed by atoms with Gasteiger partial charge in [-0.05, 0) is 25.0 Å². The summed E-state index contributed by atoms with van der Waals surface area (Å²) in [6.07, 6.45) is 1.75. The number of amides is 2. The van der Waals surface area contributed by atoms with E-state index in [1.165, 1.54) is 4.70 Å². The minimum atomic E-state index is -0.0924. The molecule has 1 fully saturated rings. The number of thiazole rings is 1. The summed E-state index contributed by atoms with van der Waals surface area (Å²) >= 11 is 1.68. The molecule has 0 saturated carbocycles. The maximum absolute atomic E-state index is 12.4. The molecule has 5 nitrogen and oxygen atoms in total. The van der Waals surface area contributed by atoms with Crippen LogP contribution >= 0.6 is 11.3 Å². The molecule has 1 aromatic carbocycles. The summed E-state index contributed by atoms with van der Waals surface area (Å²) in [6.45, 7) is 5.53. The molecule has 24 heavy (non-hydrogen) atoms. The van der Waals surface area contributed by atoms with E-state index in [0.29, 0.717) is 13.1 Å². The molecule has 1 aliphatic heterocycles. The van der Waals surface area contributed by atoms with E-state index in [1.54, 1.807) is 23.2 Å². The van der Waals surface area contributed by atoms with Crippen LogP contribution in [0.15, 0.2) is 24.3 Å². The Labute approximate surface area is 146 Å². The fourth-order valence-electron chi connectivity index (χ4n) is 3.06. The third-order valence-corrected chi connectivity index (χ3v) is 5.82. The van der Waals surface area contributed by atoms with Crippen LogP contribution in [-0.2, 0) is 9.59 Å². The van der Waals surface area contributed by atoms with Gasteiger partial charge in [0.2, 0.25) is 11.8 Å². The largest absolute Gasteiger partial charge is 0.355 e. The Morgan fingerprint density at radius 1 is 1.42 bits per heavy atom. The van der Waals surface area contributed by atoms with Crippen LogP contribution in [0.4, 0.5) is 0 Å². The number of hydrogen-bond acceptors (Lipinski definition) is 4. The van der Waals surface area contributed by atoms with Crippen LogP contribution in [0.1, 0.15) is 37.6 Å². The van der Waals surface area contributed by atoms with Crippen molar-refractivity contribution in [1.29, 1.82) is 0 Å². The summed E-state index contributed by atoms with van der Waals surface area (Å²) in [5.41, 5.74) is 1.01. The normalized spacial score (nSPS) is 19.2. The van der Waals surface area contributed by atoms with E-state index in [2.05, 4.69) is 23.3 Å². The van der Waals surface area contributed by atoms with Crippen LogP contribution in [-0.4, -0.2) is 41.3 Å². The molecule has 1 aliphatic rings. The van der Waals surface area contributed by atoms with Gasteiger partial charge in [0.05, 0.1) is 21.1 Å². The summed E-state index contributed by atoms with van der Waals surface area (Å²) in [5, 5.41) is 4.09. The summed E-state index contributed by atoms with van der Waals surface area (Å²) < 4.78 is 1.18. The van der Waals surface area contributed by atoms with Gasteiger partial charge in [0.25, 0.3) is 0 Å². The van der Waals surface area contributed by atoms with Gasteiger partial charge >= 0.3 is 0 Å². The second-order valence-corrected chi connectivity index (χ2v) is 7.53. The summed E-state index contributed by atoms with van der Waals surface area (Å²) in [5.74, 6) is 0.188. The minimum Gasteiger partial charge on any atom is -0.355 e. The minimum absolute atomic E-state index is 0.0499. The average Bonchev–Trinajstić information content (AvgIpc) is 3.03. The fraction of sp³-hybridized carbons (Fsp3) is 0.500. The van der Waals surface area contributed by atoms with E-state index in [-0.39, 0.29) is 23.7 Å². The second-order valence-electron chi connectivity index (χ2n) is 6.47. The fourth-order valence-corrected chi connectivity index (χ4v) is 4.08. The van der Waals surface area contributed by atoms with Crippen molar-refractivity contribution in [3.05, 3.63) is 29.3 Å². The van der Waals surface area contributed by atoms with Crippen molar-refractivity contribution in [2.24, 2.45) is 5.92 Å². The number of nitrogens with one attached hydrogen (secondary N) is 1. The number of para-hydroxylation sites is 1. The van der Waals surface area contributed by atoms with E-state index >= 15 is 0 Å². The van der Waals surface area contributed by atoms with Gasteiger partial charge in [-0.1, -0.05) is 19.1 Å². The summed E-state index contributed by atoms with van der Waals surface area (Å²) in [7, 11) is 0. The summed E-state index contributed by atoms with van der Waals surface area (Å²) in [6, 6.07) is 8.09. The molecule has 2 aromatic rings. The number of carbonyl (C=O) groups is 2. The molecule has 3 rings (SSSR count). The van der Waals surface area contributed by atoms with Gasteiger partial charge in [-0.3, -0.25) is 9.59 Å². The number of carbonyl (C=O) groups excluding carboxylic acids is 2. The van der Waals surface area contributed by atoms with E-state index in [0.717, 1.165) is 29.9 Å². The first-order chi connectivity index (χ1) is 11.5. The van der Waals surface area contributed by atoms with Gasteiger partial charge < -0.3 is 10.2 Å². The molecule has 128 valence electrons. The van der Waals surface area contributed by atoms with Gasteiger partial charge in [0, 0.05) is 32.5 Å². The lowest BCUT2D eigenvalue weighted by molar-refractivity contribution is -0.133. The highest BCUT2D eigenvalue weighted by Crippen LogP contribution is 2.27. The van der Waals surface area contributed by atoms with Crippen molar-refractivity contribution in [3.8, 4) is 0 Å². The number of likely N-dealkylation sites (tertiary alicyclic amines) is 1. The van der Waals surface area contributed by atoms with Crippen molar-refractivity contribution >= 4 is 33.4 Å². The highest BCUT2D eigenvalue weighted by Gasteiger charge is 2.27. The molecule has 2 heterocycles. The highest BCUT2D eigenvalue weighted by molar-refractivity contribution is 7.18. The second kappa shape index (κ2) is 7.30. The van der Waals surface area contributed by atoms with Gasteiger partial charge in [-0.25, -0.2) is 4.98 Å². The predicted octanol–water partition coefficient (Wildman–Crippen LogP) is 2.77. The summed E-state index contributed by atoms with van der Waals surface area (Å²) in [4.78, 5) is 30.3. The SMILES string of the molecule is CC(=O)N1CCC[C@H](C(=O)NC[C@H](C)c2nc3ccccc3s2)C1. The zero-order chi connectivity index (χ0) is 17.1. The van der Waals surface area contributed by atoms with E-state index in [9.17, 15) is 9.59 Å². The van der Waals surface area contributed by atoms with Crippen LogP contribution < -0.4 is 5.32 Å². The Kier molecular flexibility index (Phi) is 5.14. The first-order valence-electron chi connectivity index (χ1n) is 8.43. The molecule has 0 spiro atoms. The molecule has 1 saturated heterocycles. The number of piperidine rings is 1. The Morgan fingerprint density at radius 3 is 2.96 bits per heavy atom. The van der Waals surface area contributed by atoms with E-state index in [4.69, 9.17) is 0 Å². The molecule has 0 bridgehead atoms. The van der Waals surface area contributed by atoms with Gasteiger partial charge in [-0.15, -0.1) is 11.3 Å². The zero-order valence-electron chi connectivity index (χ0n) is 14.1. The Morgan fingerprint density at radius 2 is 2.21 bits per heavy atom. The topological polar surface area (TPSA) is 62.3 Å². The van der Waals surface area contributed by atoms with Crippen LogP contribution in [0.2, 0.25) is 0 Å². The number of rotatable bonds is 4. The molecule has 2 atom stereocenters. The number of hydrogen-bond donors (Lipinski definition) is 1. The van der Waals surface area contributed by atoms with Crippen molar-refractivity contribution < 1.29 is 9.59 Å². The van der Waals surface area contributed by atoms with Gasteiger partial charge in [0.1, 0.15) is 0 Å². The zero-order valence-corrected chi connectivity index (χ0v) is 14.9. The van der Waals surface area contributed by atoms with Crippen molar-refractivity contribution in [3.63, 3.8) is 0 Å². The number of nitrogens with zero attached hydrogens (tertiary/aromatic N) is 2. The predicted molar refractivity (Wildman–Crippen MR) is 96.0 cm³/mol. The first kappa shape index (κ1) is 16.9. The molecule has 0 radical (unpaired) electrons. The van der Waals surface area contributed by atoms with Gasteiger partial charge in [-0.2, -0.15) is 0 Å². The number of benzene rings is 1. The average molecular weight is 345 g/mol. The Bertz CT molecular complexity index is 710. The molecule has 1 N–H and O–H groups in total. The lowest BCUT2D eigenvalue weighted by atomic mass is 9.97. The van der Waals surface area contributed by atoms with Crippen molar-refractivity contribution in [2.45, 2.75) is 32.6 Å². The molecule has 2 amide bonds. The van der Waals surface area contributed by atoms with Gasteiger partial charge in [0.15, 0.2) is 0 Å². The van der Waals surface area contributed by atoms with Crippen molar-refractivity contribution in [1.82, 2.24) is 15.2 Å². The highest BCUT2D eigenvalue weighted by atomic mass is 32.1. The number of fused-ring (bicyclic) bond motifs is 1. The maximum Gasteiger partial charge on any atom is 0.224 e. The van der Waals surface area contributed by atoms with Crippen LogP contribution in [0.3, 0.4) is 0 Å². The molecular weight excluding hydrogens is 322 g/mol. The van der Waals surface area contributed by atoms with Crippen LogP contribution in [0, 0.1) is 5.92 Å². The molecule has 6 heteroatoms. The molecular formula is C18H23N3O2S. The quantitative estimate of drug-likeness (QED) is 0.927.